The molecule has 3 heteroatoms. The Balaban J connectivity index is 2.24. The fourth-order valence-corrected chi connectivity index (χ4v) is 2.63. The molecule has 0 saturated carbocycles. The average Bonchev–Trinajstić information content (AvgIpc) is 2.62. The molecular weight excluding hydrogens is 218 g/mol. The quantitative estimate of drug-likeness (QED) is 0.884. The summed E-state index contributed by atoms with van der Waals surface area (Å²) in [4.78, 5) is 5.45. The molecule has 0 bridgehead atoms. The summed E-state index contributed by atoms with van der Waals surface area (Å²) in [5, 5.41) is 10.2. The van der Waals surface area contributed by atoms with Crippen molar-refractivity contribution in [2.45, 2.75) is 26.9 Å². The van der Waals surface area contributed by atoms with E-state index in [0.717, 1.165) is 22.0 Å². The maximum Gasteiger partial charge on any atom is 0.0975 e. The lowest BCUT2D eigenvalue weighted by Gasteiger charge is -2.01. The first kappa shape index (κ1) is 11.3. The van der Waals surface area contributed by atoms with Gasteiger partial charge >= 0.3 is 0 Å². The Morgan fingerprint density at radius 3 is 2.62 bits per heavy atom. The van der Waals surface area contributed by atoms with E-state index in [1.54, 1.807) is 11.3 Å². The first-order valence-electron chi connectivity index (χ1n) is 5.31. The molecule has 0 fully saturated rings. The highest BCUT2D eigenvalue weighted by Gasteiger charge is 2.08. The first-order valence-corrected chi connectivity index (χ1v) is 6.13. The SMILES string of the molecule is Cc1ccccc1Cc1nc(C)c(CO)s1. The number of hydrogen-bond acceptors (Lipinski definition) is 3. The summed E-state index contributed by atoms with van der Waals surface area (Å²) >= 11 is 1.60. The van der Waals surface area contributed by atoms with Crippen LogP contribution in [0.15, 0.2) is 24.3 Å². The number of aliphatic hydroxyl groups is 1. The zero-order chi connectivity index (χ0) is 11.5. The summed E-state index contributed by atoms with van der Waals surface area (Å²) in [5.74, 6) is 0. The number of hydrogen-bond donors (Lipinski definition) is 1. The van der Waals surface area contributed by atoms with E-state index in [-0.39, 0.29) is 6.61 Å². The van der Waals surface area contributed by atoms with Crippen LogP contribution in [0.3, 0.4) is 0 Å². The lowest BCUT2D eigenvalue weighted by molar-refractivity contribution is 0.284. The molecule has 0 aliphatic carbocycles. The molecule has 0 aliphatic rings. The molecule has 84 valence electrons. The van der Waals surface area contributed by atoms with Crippen LogP contribution in [0.25, 0.3) is 0 Å². The fraction of sp³-hybridized carbons (Fsp3) is 0.308. The van der Waals surface area contributed by atoms with Gasteiger partial charge in [-0.2, -0.15) is 0 Å². The maximum absolute atomic E-state index is 9.12. The van der Waals surface area contributed by atoms with Gasteiger partial charge in [-0.15, -0.1) is 11.3 Å². The Hall–Kier alpha value is -1.19. The van der Waals surface area contributed by atoms with Crippen LogP contribution in [0.2, 0.25) is 0 Å². The summed E-state index contributed by atoms with van der Waals surface area (Å²) in [7, 11) is 0. The number of rotatable bonds is 3. The second kappa shape index (κ2) is 4.76. The van der Waals surface area contributed by atoms with Gasteiger partial charge < -0.3 is 5.11 Å². The molecule has 1 aromatic heterocycles. The molecule has 2 nitrogen and oxygen atoms in total. The Labute approximate surface area is 99.6 Å². The minimum absolute atomic E-state index is 0.0945. The molecule has 0 unspecified atom stereocenters. The van der Waals surface area contributed by atoms with Gasteiger partial charge in [0.25, 0.3) is 0 Å². The van der Waals surface area contributed by atoms with E-state index < -0.39 is 0 Å². The summed E-state index contributed by atoms with van der Waals surface area (Å²) in [5.41, 5.74) is 3.55. The normalized spacial score (nSPS) is 10.7. The molecule has 0 spiro atoms. The van der Waals surface area contributed by atoms with E-state index in [4.69, 9.17) is 5.11 Å². The zero-order valence-electron chi connectivity index (χ0n) is 9.53. The van der Waals surface area contributed by atoms with Crippen molar-refractivity contribution in [3.63, 3.8) is 0 Å². The molecule has 2 rings (SSSR count). The van der Waals surface area contributed by atoms with E-state index in [1.165, 1.54) is 11.1 Å². The van der Waals surface area contributed by atoms with Crippen LogP contribution < -0.4 is 0 Å². The first-order chi connectivity index (χ1) is 7.70. The zero-order valence-corrected chi connectivity index (χ0v) is 10.3. The van der Waals surface area contributed by atoms with Gasteiger partial charge in [-0.25, -0.2) is 4.98 Å². The third-order valence-electron chi connectivity index (χ3n) is 2.68. The van der Waals surface area contributed by atoms with Gasteiger partial charge in [-0.1, -0.05) is 24.3 Å². The number of benzene rings is 1. The highest BCUT2D eigenvalue weighted by molar-refractivity contribution is 7.11. The molecular formula is C13H15NOS. The molecule has 0 aliphatic heterocycles. The van der Waals surface area contributed by atoms with Crippen LogP contribution in [0, 0.1) is 13.8 Å². The Morgan fingerprint density at radius 2 is 2.00 bits per heavy atom. The van der Waals surface area contributed by atoms with Gasteiger partial charge in [0, 0.05) is 6.42 Å². The molecule has 1 aromatic carbocycles. The lowest BCUT2D eigenvalue weighted by Crippen LogP contribution is -1.90. The Kier molecular flexibility index (Phi) is 3.36. The fourth-order valence-electron chi connectivity index (χ4n) is 1.68. The van der Waals surface area contributed by atoms with E-state index in [1.807, 2.05) is 13.0 Å². The highest BCUT2D eigenvalue weighted by atomic mass is 32.1. The largest absolute Gasteiger partial charge is 0.391 e. The predicted octanol–water partition coefficient (Wildman–Crippen LogP) is 2.84. The number of aliphatic hydroxyl groups excluding tert-OH is 1. The third-order valence-corrected chi connectivity index (χ3v) is 3.83. The Bertz CT molecular complexity index is 490. The summed E-state index contributed by atoms with van der Waals surface area (Å²) in [6.45, 7) is 4.16. The van der Waals surface area contributed by atoms with Gasteiger partial charge in [0.1, 0.15) is 0 Å². The van der Waals surface area contributed by atoms with E-state index >= 15 is 0 Å². The molecule has 0 atom stereocenters. The van der Waals surface area contributed by atoms with Crippen molar-refractivity contribution < 1.29 is 5.11 Å². The minimum atomic E-state index is 0.0945. The standard InChI is InChI=1S/C13H15NOS/c1-9-5-3-4-6-11(9)7-13-14-10(2)12(8-15)16-13/h3-6,15H,7-8H2,1-2H3. The van der Waals surface area contributed by atoms with Crippen LogP contribution in [0.4, 0.5) is 0 Å². The Morgan fingerprint density at radius 1 is 1.25 bits per heavy atom. The summed E-state index contributed by atoms with van der Waals surface area (Å²) in [6.07, 6.45) is 0.859. The average molecular weight is 233 g/mol. The van der Waals surface area contributed by atoms with Crippen molar-refractivity contribution in [3.05, 3.63) is 51.0 Å². The van der Waals surface area contributed by atoms with Gasteiger partial charge in [0.05, 0.1) is 22.2 Å². The summed E-state index contributed by atoms with van der Waals surface area (Å²) in [6, 6.07) is 8.34. The molecule has 0 saturated heterocycles. The van der Waals surface area contributed by atoms with Gasteiger partial charge in [0.2, 0.25) is 0 Å². The van der Waals surface area contributed by atoms with Crippen LogP contribution in [-0.2, 0) is 13.0 Å². The van der Waals surface area contributed by atoms with E-state index in [9.17, 15) is 0 Å². The highest BCUT2D eigenvalue weighted by Crippen LogP contribution is 2.21. The number of thiazole rings is 1. The van der Waals surface area contributed by atoms with Crippen LogP contribution in [0.1, 0.15) is 26.7 Å². The summed E-state index contributed by atoms with van der Waals surface area (Å²) < 4.78 is 0. The minimum Gasteiger partial charge on any atom is -0.391 e. The third kappa shape index (κ3) is 2.31. The molecule has 1 N–H and O–H groups in total. The van der Waals surface area contributed by atoms with E-state index in [0.29, 0.717) is 0 Å². The van der Waals surface area contributed by atoms with Crippen molar-refractivity contribution in [1.29, 1.82) is 0 Å². The predicted molar refractivity (Wildman–Crippen MR) is 66.8 cm³/mol. The number of aryl methyl sites for hydroxylation is 2. The monoisotopic (exact) mass is 233 g/mol. The van der Waals surface area contributed by atoms with Crippen molar-refractivity contribution in [2.75, 3.05) is 0 Å². The van der Waals surface area contributed by atoms with Crippen molar-refractivity contribution in [1.82, 2.24) is 4.98 Å². The molecule has 16 heavy (non-hydrogen) atoms. The van der Waals surface area contributed by atoms with Crippen molar-refractivity contribution in [2.24, 2.45) is 0 Å². The maximum atomic E-state index is 9.12. The van der Waals surface area contributed by atoms with Crippen molar-refractivity contribution >= 4 is 11.3 Å². The van der Waals surface area contributed by atoms with Gasteiger partial charge in [-0.05, 0) is 25.0 Å². The van der Waals surface area contributed by atoms with Gasteiger partial charge in [-0.3, -0.25) is 0 Å². The van der Waals surface area contributed by atoms with Crippen molar-refractivity contribution in [3.8, 4) is 0 Å². The number of aromatic nitrogens is 1. The molecule has 2 aromatic rings. The molecule has 0 radical (unpaired) electrons. The van der Waals surface area contributed by atoms with Crippen LogP contribution in [0.5, 0.6) is 0 Å². The van der Waals surface area contributed by atoms with E-state index in [2.05, 4.69) is 30.1 Å². The van der Waals surface area contributed by atoms with Crippen LogP contribution in [-0.4, -0.2) is 10.1 Å². The molecule has 1 heterocycles. The van der Waals surface area contributed by atoms with Crippen LogP contribution >= 0.6 is 11.3 Å². The number of nitrogens with zero attached hydrogens (tertiary/aromatic N) is 1. The second-order valence-corrected chi connectivity index (χ2v) is 5.05. The lowest BCUT2D eigenvalue weighted by atomic mass is 10.1. The smallest absolute Gasteiger partial charge is 0.0975 e. The second-order valence-electron chi connectivity index (χ2n) is 3.88. The molecule has 0 amide bonds. The van der Waals surface area contributed by atoms with Gasteiger partial charge in [0.15, 0.2) is 0 Å². The topological polar surface area (TPSA) is 33.1 Å².